The highest BCUT2D eigenvalue weighted by molar-refractivity contribution is 6.58. The summed E-state index contributed by atoms with van der Waals surface area (Å²) in [5, 5.41) is 0. The third-order valence-corrected chi connectivity index (χ3v) is 11.6. The number of rotatable bonds is 14. The number of ether oxygens (including phenoxy) is 1. The summed E-state index contributed by atoms with van der Waals surface area (Å²) in [7, 11) is 0.0155. The monoisotopic (exact) mass is 493 g/mol. The van der Waals surface area contributed by atoms with Crippen molar-refractivity contribution >= 4 is 20.4 Å². The largest absolute Gasteiger partial charge is 0.490 e. The maximum atomic E-state index is 14.2. The number of hydrogen-bond donors (Lipinski definition) is 0. The van der Waals surface area contributed by atoms with Crippen molar-refractivity contribution in [2.45, 2.75) is 115 Å². The highest BCUT2D eigenvalue weighted by Gasteiger charge is 2.31. The second-order valence-electron chi connectivity index (χ2n) is 10.7. The Labute approximate surface area is 209 Å². The van der Waals surface area contributed by atoms with Crippen LogP contribution in [0.25, 0.3) is 0 Å². The average Bonchev–Trinajstić information content (AvgIpc) is 2.84. The Morgan fingerprint density at radius 2 is 1.70 bits per heavy atom. The SMILES string of the molecule is CCCCC[Si]1CCC(C2CCC(CCCCc3ccc(OCCCCl)c(F)c3)CC2)CC1. The molecule has 0 N–H and O–H groups in total. The first-order chi connectivity index (χ1) is 16.2. The summed E-state index contributed by atoms with van der Waals surface area (Å²) >= 11 is 5.65. The second kappa shape index (κ2) is 15.5. The Hall–Kier alpha value is -0.543. The van der Waals surface area contributed by atoms with E-state index < -0.39 is 0 Å². The van der Waals surface area contributed by atoms with Crippen molar-refractivity contribution in [3.05, 3.63) is 29.6 Å². The zero-order valence-corrected chi connectivity index (χ0v) is 22.8. The molecule has 0 unspecified atom stereocenters. The van der Waals surface area contributed by atoms with Gasteiger partial charge in [-0.2, -0.15) is 0 Å². The van der Waals surface area contributed by atoms with E-state index in [-0.39, 0.29) is 14.6 Å². The third kappa shape index (κ3) is 9.55. The molecule has 0 amide bonds. The minimum absolute atomic E-state index is 0.0155. The van der Waals surface area contributed by atoms with Gasteiger partial charge < -0.3 is 4.74 Å². The van der Waals surface area contributed by atoms with Gasteiger partial charge in [-0.3, -0.25) is 0 Å². The molecule has 0 aromatic heterocycles. The van der Waals surface area contributed by atoms with E-state index in [4.69, 9.17) is 16.3 Å². The molecular formula is C29H47ClFOSi. The minimum Gasteiger partial charge on any atom is -0.490 e. The van der Waals surface area contributed by atoms with Gasteiger partial charge in [0.2, 0.25) is 0 Å². The summed E-state index contributed by atoms with van der Waals surface area (Å²) in [6.45, 7) is 2.80. The van der Waals surface area contributed by atoms with Crippen LogP contribution in [0.4, 0.5) is 4.39 Å². The van der Waals surface area contributed by atoms with E-state index in [1.807, 2.05) is 6.07 Å². The molecule has 2 fully saturated rings. The van der Waals surface area contributed by atoms with E-state index in [0.29, 0.717) is 18.2 Å². The van der Waals surface area contributed by atoms with Gasteiger partial charge in [0.1, 0.15) is 0 Å². The molecule has 1 nitrogen and oxygen atoms in total. The Morgan fingerprint density at radius 3 is 2.39 bits per heavy atom. The van der Waals surface area contributed by atoms with E-state index in [2.05, 4.69) is 6.92 Å². The van der Waals surface area contributed by atoms with Crippen LogP contribution < -0.4 is 4.74 Å². The van der Waals surface area contributed by atoms with Gasteiger partial charge in [0, 0.05) is 14.7 Å². The van der Waals surface area contributed by atoms with Gasteiger partial charge >= 0.3 is 0 Å². The lowest BCUT2D eigenvalue weighted by atomic mass is 9.73. The number of halogens is 2. The van der Waals surface area contributed by atoms with Crippen molar-refractivity contribution < 1.29 is 9.13 Å². The molecule has 1 aromatic rings. The molecule has 4 heteroatoms. The summed E-state index contributed by atoms with van der Waals surface area (Å²) in [6, 6.07) is 10.3. The van der Waals surface area contributed by atoms with Crippen LogP contribution in [0.1, 0.15) is 96.0 Å². The third-order valence-electron chi connectivity index (χ3n) is 8.29. The first-order valence-electron chi connectivity index (χ1n) is 14.0. The van der Waals surface area contributed by atoms with Gasteiger partial charge in [-0.05, 0) is 67.6 Å². The number of hydrogen-bond acceptors (Lipinski definition) is 1. The molecule has 1 saturated carbocycles. The quantitative estimate of drug-likeness (QED) is 0.142. The van der Waals surface area contributed by atoms with Crippen LogP contribution in [-0.2, 0) is 6.42 Å². The molecule has 187 valence electrons. The Balaban J connectivity index is 1.26. The highest BCUT2D eigenvalue weighted by atomic mass is 35.5. The number of alkyl halides is 1. The van der Waals surface area contributed by atoms with E-state index >= 15 is 0 Å². The van der Waals surface area contributed by atoms with Crippen LogP contribution in [0.3, 0.4) is 0 Å². The van der Waals surface area contributed by atoms with Crippen LogP contribution in [0.15, 0.2) is 18.2 Å². The van der Waals surface area contributed by atoms with Crippen molar-refractivity contribution in [2.75, 3.05) is 12.5 Å². The average molecular weight is 494 g/mol. The highest BCUT2D eigenvalue weighted by Crippen LogP contribution is 2.42. The van der Waals surface area contributed by atoms with Gasteiger partial charge in [0.15, 0.2) is 11.6 Å². The van der Waals surface area contributed by atoms with Crippen LogP contribution in [-0.4, -0.2) is 21.3 Å². The maximum Gasteiger partial charge on any atom is 0.165 e. The molecule has 1 aliphatic carbocycles. The number of benzene rings is 1. The summed E-state index contributed by atoms with van der Waals surface area (Å²) < 4.78 is 19.7. The van der Waals surface area contributed by atoms with Crippen LogP contribution in [0, 0.1) is 23.6 Å². The second-order valence-corrected chi connectivity index (χ2v) is 14.1. The van der Waals surface area contributed by atoms with Crippen LogP contribution in [0.2, 0.25) is 18.1 Å². The zero-order valence-electron chi connectivity index (χ0n) is 21.1. The first kappa shape index (κ1) is 27.1. The Morgan fingerprint density at radius 1 is 0.939 bits per heavy atom. The molecule has 1 radical (unpaired) electrons. The van der Waals surface area contributed by atoms with Gasteiger partial charge in [-0.1, -0.05) is 88.9 Å². The lowest BCUT2D eigenvalue weighted by Gasteiger charge is -2.37. The van der Waals surface area contributed by atoms with Gasteiger partial charge in [-0.15, -0.1) is 11.6 Å². The predicted molar refractivity (Wildman–Crippen MR) is 143 cm³/mol. The lowest BCUT2D eigenvalue weighted by Crippen LogP contribution is -2.28. The summed E-state index contributed by atoms with van der Waals surface area (Å²) in [6.07, 6.45) is 18.9. The molecule has 1 aromatic carbocycles. The maximum absolute atomic E-state index is 14.2. The van der Waals surface area contributed by atoms with Crippen molar-refractivity contribution in [3.8, 4) is 5.75 Å². The minimum atomic E-state index is -0.239. The molecule has 0 atom stereocenters. The zero-order chi connectivity index (χ0) is 23.3. The molecule has 1 heterocycles. The molecule has 2 aliphatic rings. The van der Waals surface area contributed by atoms with Gasteiger partial charge in [0.05, 0.1) is 6.61 Å². The fourth-order valence-corrected chi connectivity index (χ4v) is 9.33. The molecule has 1 saturated heterocycles. The summed E-state index contributed by atoms with van der Waals surface area (Å²) in [5.41, 5.74) is 1.09. The topological polar surface area (TPSA) is 9.23 Å². The van der Waals surface area contributed by atoms with Crippen molar-refractivity contribution in [1.29, 1.82) is 0 Å². The fourth-order valence-electron chi connectivity index (χ4n) is 6.16. The van der Waals surface area contributed by atoms with Gasteiger partial charge in [-0.25, -0.2) is 4.39 Å². The molecule has 33 heavy (non-hydrogen) atoms. The lowest BCUT2D eigenvalue weighted by molar-refractivity contribution is 0.184. The van der Waals surface area contributed by atoms with E-state index in [0.717, 1.165) is 42.6 Å². The smallest absolute Gasteiger partial charge is 0.165 e. The first-order valence-corrected chi connectivity index (χ1v) is 16.7. The molecule has 0 spiro atoms. The normalized spacial score (nSPS) is 22.5. The Bertz CT molecular complexity index is 653. The number of aryl methyl sites for hydroxylation is 1. The van der Waals surface area contributed by atoms with Crippen LogP contribution in [0.5, 0.6) is 5.75 Å². The molecular weight excluding hydrogens is 447 g/mol. The Kier molecular flexibility index (Phi) is 12.7. The molecule has 1 aliphatic heterocycles. The number of unbranched alkanes of at least 4 members (excludes halogenated alkanes) is 3. The molecule has 3 rings (SSSR count). The van der Waals surface area contributed by atoms with Crippen molar-refractivity contribution in [2.24, 2.45) is 17.8 Å². The molecule has 0 bridgehead atoms. The van der Waals surface area contributed by atoms with E-state index in [9.17, 15) is 4.39 Å². The van der Waals surface area contributed by atoms with Crippen molar-refractivity contribution in [1.82, 2.24) is 0 Å². The summed E-state index contributed by atoms with van der Waals surface area (Å²) in [4.78, 5) is 0. The predicted octanol–water partition coefficient (Wildman–Crippen LogP) is 9.45. The van der Waals surface area contributed by atoms with Crippen LogP contribution >= 0.6 is 11.6 Å². The van der Waals surface area contributed by atoms with E-state index in [1.54, 1.807) is 43.1 Å². The fraction of sp³-hybridized carbons (Fsp3) is 0.793. The van der Waals surface area contributed by atoms with Gasteiger partial charge in [0.25, 0.3) is 0 Å². The summed E-state index contributed by atoms with van der Waals surface area (Å²) in [5.74, 6) is 3.69. The van der Waals surface area contributed by atoms with E-state index in [1.165, 1.54) is 57.8 Å². The standard InChI is InChI=1S/C29H47ClFOSi/c1-2-3-6-20-33-21-16-27(17-22-33)26-13-10-24(11-14-26)8-4-5-9-25-12-15-29(28(31)23-25)32-19-7-18-30/h12,15,23-24,26-27H,2-11,13-14,16-22H2,1H3. The van der Waals surface area contributed by atoms with Crippen molar-refractivity contribution in [3.63, 3.8) is 0 Å².